The van der Waals surface area contributed by atoms with Gasteiger partial charge in [0.2, 0.25) is 11.7 Å². The van der Waals surface area contributed by atoms with E-state index in [2.05, 4.69) is 88.9 Å². The molecule has 1 atom stereocenters. The topological polar surface area (TPSA) is 73.8 Å². The molecule has 6 heteroatoms. The Morgan fingerprint density at radius 2 is 1.82 bits per heavy atom. The van der Waals surface area contributed by atoms with Gasteiger partial charge < -0.3 is 9.09 Å². The summed E-state index contributed by atoms with van der Waals surface area (Å²) < 4.78 is 7.56. The van der Waals surface area contributed by atoms with Crippen LogP contribution in [0.25, 0.3) is 11.4 Å². The van der Waals surface area contributed by atoms with E-state index in [-0.39, 0.29) is 22.5 Å². The number of aryl methyl sites for hydroxylation is 1. The zero-order valence-electron chi connectivity index (χ0n) is 22.7. The maximum atomic E-state index is 12.2. The Balaban J connectivity index is 0.000000240. The van der Waals surface area contributed by atoms with Gasteiger partial charge in [0.1, 0.15) is 0 Å². The predicted octanol–water partition coefficient (Wildman–Crippen LogP) is 7.42. The van der Waals surface area contributed by atoms with Crippen molar-refractivity contribution in [2.45, 2.75) is 94.5 Å². The van der Waals surface area contributed by atoms with Gasteiger partial charge in [0.05, 0.1) is 0 Å². The summed E-state index contributed by atoms with van der Waals surface area (Å²) in [6.45, 7) is 22.2. The molecular formula is C28H42N4O2. The maximum absolute atomic E-state index is 12.2. The molecule has 34 heavy (non-hydrogen) atoms. The molecule has 6 nitrogen and oxygen atoms in total. The van der Waals surface area contributed by atoms with Crippen molar-refractivity contribution >= 4 is 5.78 Å². The summed E-state index contributed by atoms with van der Waals surface area (Å²) in [6.07, 6.45) is 5.17. The van der Waals surface area contributed by atoms with E-state index in [1.165, 1.54) is 5.69 Å². The summed E-state index contributed by atoms with van der Waals surface area (Å²) in [5, 5.41) is 3.99. The molecule has 0 amide bonds. The van der Waals surface area contributed by atoms with Crippen molar-refractivity contribution in [2.75, 3.05) is 0 Å². The highest BCUT2D eigenvalue weighted by Crippen LogP contribution is 2.34. The first kappa shape index (κ1) is 27.5. The fraction of sp³-hybridized carbons (Fsp3) is 0.571. The van der Waals surface area contributed by atoms with Crippen molar-refractivity contribution in [3.05, 3.63) is 53.4 Å². The van der Waals surface area contributed by atoms with Gasteiger partial charge in [-0.3, -0.25) is 9.78 Å². The highest BCUT2D eigenvalue weighted by Gasteiger charge is 2.27. The van der Waals surface area contributed by atoms with Crippen LogP contribution in [0.3, 0.4) is 0 Å². The van der Waals surface area contributed by atoms with Crippen molar-refractivity contribution in [3.63, 3.8) is 0 Å². The zero-order valence-corrected chi connectivity index (χ0v) is 22.7. The Hall–Kier alpha value is -2.76. The average Bonchev–Trinajstić information content (AvgIpc) is 3.33. The van der Waals surface area contributed by atoms with Crippen LogP contribution in [0.2, 0.25) is 0 Å². The molecule has 0 bridgehead atoms. The van der Waals surface area contributed by atoms with E-state index in [9.17, 15) is 4.79 Å². The first-order chi connectivity index (χ1) is 15.7. The third-order valence-corrected chi connectivity index (χ3v) is 6.04. The number of carbonyl (C=O) groups excluding carboxylic acids is 1. The smallest absolute Gasteiger partial charge is 0.230 e. The lowest BCUT2D eigenvalue weighted by atomic mass is 9.82. The molecule has 3 rings (SSSR count). The fourth-order valence-corrected chi connectivity index (χ4v) is 3.62. The van der Waals surface area contributed by atoms with Crippen LogP contribution in [-0.4, -0.2) is 25.5 Å². The summed E-state index contributed by atoms with van der Waals surface area (Å²) in [6, 6.07) is 5.82. The van der Waals surface area contributed by atoms with E-state index < -0.39 is 0 Å². The van der Waals surface area contributed by atoms with Gasteiger partial charge >= 0.3 is 0 Å². The van der Waals surface area contributed by atoms with Crippen LogP contribution in [0.15, 0.2) is 35.1 Å². The molecule has 0 aliphatic carbocycles. The lowest BCUT2D eigenvalue weighted by molar-refractivity contribution is 0.0939. The van der Waals surface area contributed by atoms with Crippen LogP contribution < -0.4 is 0 Å². The van der Waals surface area contributed by atoms with Crippen molar-refractivity contribution in [1.29, 1.82) is 0 Å². The van der Waals surface area contributed by atoms with E-state index in [0.717, 1.165) is 29.8 Å². The number of carbonyl (C=O) groups is 1. The fourth-order valence-electron chi connectivity index (χ4n) is 3.62. The number of Topliss-reactive ketones (excluding diaryl/α,β-unsaturated/α-hetero) is 1. The molecule has 3 aromatic heterocycles. The molecule has 0 radical (unpaired) electrons. The Bertz CT molecular complexity index is 1070. The summed E-state index contributed by atoms with van der Waals surface area (Å²) >= 11 is 0. The van der Waals surface area contributed by atoms with Crippen LogP contribution in [0, 0.1) is 24.7 Å². The highest BCUT2D eigenvalue weighted by molar-refractivity contribution is 5.97. The number of pyridine rings is 1. The third-order valence-electron chi connectivity index (χ3n) is 6.04. The number of hydrogen-bond donors (Lipinski definition) is 0. The standard InChI is InChI=1S/C15H25NO.C13H17N3O/c1-7-8-16-11(2)9-13(12(16)3)14(17)10-15(4,5)6;1-9(13(2,3)4)12-15-11(16-17-12)10-6-5-7-14-8-10/h9H,7-8,10H2,1-6H3;5-9H,1-4H3. The molecule has 186 valence electrons. The van der Waals surface area contributed by atoms with Crippen LogP contribution in [0.1, 0.15) is 102 Å². The second kappa shape index (κ2) is 11.1. The molecule has 3 heterocycles. The van der Waals surface area contributed by atoms with E-state index in [0.29, 0.717) is 18.1 Å². The molecule has 0 aliphatic rings. The molecule has 3 aromatic rings. The van der Waals surface area contributed by atoms with Gasteiger partial charge in [-0.05, 0) is 49.3 Å². The predicted molar refractivity (Wildman–Crippen MR) is 138 cm³/mol. The Morgan fingerprint density at radius 1 is 1.15 bits per heavy atom. The van der Waals surface area contributed by atoms with E-state index in [4.69, 9.17) is 4.52 Å². The molecule has 0 spiro atoms. The second-order valence-electron chi connectivity index (χ2n) is 11.4. The number of nitrogens with zero attached hydrogens (tertiary/aromatic N) is 4. The minimum atomic E-state index is 0.0598. The van der Waals surface area contributed by atoms with E-state index in [1.54, 1.807) is 12.4 Å². The van der Waals surface area contributed by atoms with E-state index >= 15 is 0 Å². The van der Waals surface area contributed by atoms with Crippen LogP contribution in [0.4, 0.5) is 0 Å². The Labute approximate surface area is 205 Å². The van der Waals surface area contributed by atoms with E-state index in [1.807, 2.05) is 18.2 Å². The first-order valence-corrected chi connectivity index (χ1v) is 12.2. The molecule has 0 aromatic carbocycles. The van der Waals surface area contributed by atoms with Gasteiger partial charge in [0.25, 0.3) is 0 Å². The van der Waals surface area contributed by atoms with Crippen molar-refractivity contribution < 1.29 is 9.32 Å². The molecule has 0 saturated carbocycles. The lowest BCUT2D eigenvalue weighted by Crippen LogP contribution is -2.15. The summed E-state index contributed by atoms with van der Waals surface area (Å²) in [5.41, 5.74) is 4.28. The third kappa shape index (κ3) is 7.37. The minimum absolute atomic E-state index is 0.0598. The average molecular weight is 467 g/mol. The lowest BCUT2D eigenvalue weighted by Gasteiger charge is -2.23. The molecule has 0 saturated heterocycles. The molecule has 1 unspecified atom stereocenters. The molecule has 0 N–H and O–H groups in total. The van der Waals surface area contributed by atoms with Gasteiger partial charge in [-0.2, -0.15) is 4.98 Å². The van der Waals surface area contributed by atoms with Crippen molar-refractivity contribution in [2.24, 2.45) is 10.8 Å². The second-order valence-corrected chi connectivity index (χ2v) is 11.4. The maximum Gasteiger partial charge on any atom is 0.230 e. The van der Waals surface area contributed by atoms with Crippen molar-refractivity contribution in [1.82, 2.24) is 19.7 Å². The SMILES string of the molecule is CC(c1nc(-c2cccnc2)no1)C(C)(C)C.CCCn1c(C)cc(C(=O)CC(C)(C)C)c1C. The van der Waals surface area contributed by atoms with Gasteiger partial charge in [-0.15, -0.1) is 0 Å². The van der Waals surface area contributed by atoms with Gasteiger partial charge in [0.15, 0.2) is 5.78 Å². The first-order valence-electron chi connectivity index (χ1n) is 12.2. The van der Waals surface area contributed by atoms with Crippen LogP contribution >= 0.6 is 0 Å². The largest absolute Gasteiger partial charge is 0.348 e. The van der Waals surface area contributed by atoms with Gasteiger partial charge in [-0.1, -0.05) is 60.5 Å². The number of hydrogen-bond acceptors (Lipinski definition) is 5. The highest BCUT2D eigenvalue weighted by atomic mass is 16.5. The van der Waals surface area contributed by atoms with Gasteiger partial charge in [0, 0.05) is 53.8 Å². The van der Waals surface area contributed by atoms with Gasteiger partial charge in [-0.25, -0.2) is 0 Å². The summed E-state index contributed by atoms with van der Waals surface area (Å²) in [4.78, 5) is 20.7. The minimum Gasteiger partial charge on any atom is -0.348 e. The normalized spacial score (nSPS) is 12.8. The summed E-state index contributed by atoms with van der Waals surface area (Å²) in [5.74, 6) is 1.77. The Kier molecular flexibility index (Phi) is 8.98. The molecule has 0 aliphatic heterocycles. The quantitative estimate of drug-likeness (QED) is 0.353. The van der Waals surface area contributed by atoms with Crippen LogP contribution in [0.5, 0.6) is 0 Å². The molecule has 0 fully saturated rings. The number of ketones is 1. The number of rotatable bonds is 6. The van der Waals surface area contributed by atoms with Crippen LogP contribution in [-0.2, 0) is 6.54 Å². The monoisotopic (exact) mass is 466 g/mol. The Morgan fingerprint density at radius 3 is 2.35 bits per heavy atom. The van der Waals surface area contributed by atoms with Crippen molar-refractivity contribution in [3.8, 4) is 11.4 Å². The summed E-state index contributed by atoms with van der Waals surface area (Å²) in [7, 11) is 0. The molecular weight excluding hydrogens is 424 g/mol. The number of aromatic nitrogens is 4. The zero-order chi connectivity index (χ0) is 25.7.